The van der Waals surface area contributed by atoms with E-state index in [2.05, 4.69) is 9.97 Å². The van der Waals surface area contributed by atoms with E-state index in [0.29, 0.717) is 5.69 Å². The van der Waals surface area contributed by atoms with Crippen LogP contribution in [0.1, 0.15) is 11.1 Å². The molecule has 0 aliphatic carbocycles. The zero-order valence-corrected chi connectivity index (χ0v) is 16.8. The Kier molecular flexibility index (Phi) is 4.87. The van der Waals surface area contributed by atoms with E-state index in [4.69, 9.17) is 4.99 Å². The van der Waals surface area contributed by atoms with Crippen molar-refractivity contribution in [1.82, 2.24) is 9.97 Å². The fraction of sp³-hybridized carbons (Fsp3) is 0. The van der Waals surface area contributed by atoms with Gasteiger partial charge in [-0.2, -0.15) is 0 Å². The molecular formula is C23H14FN3S2. The number of rotatable bonds is 3. The van der Waals surface area contributed by atoms with E-state index in [1.807, 2.05) is 60.7 Å². The van der Waals surface area contributed by atoms with Crippen LogP contribution in [0.4, 0.5) is 10.1 Å². The zero-order chi connectivity index (χ0) is 19.6. The van der Waals surface area contributed by atoms with E-state index >= 15 is 0 Å². The van der Waals surface area contributed by atoms with Gasteiger partial charge in [0.2, 0.25) is 0 Å². The molecular weight excluding hydrogens is 401 g/mol. The van der Waals surface area contributed by atoms with Crippen molar-refractivity contribution in [2.75, 3.05) is 0 Å². The van der Waals surface area contributed by atoms with Crippen LogP contribution in [0.2, 0.25) is 0 Å². The van der Waals surface area contributed by atoms with Crippen LogP contribution in [0.3, 0.4) is 0 Å². The van der Waals surface area contributed by atoms with Gasteiger partial charge < -0.3 is 0 Å². The predicted molar refractivity (Wildman–Crippen MR) is 115 cm³/mol. The molecule has 0 saturated heterocycles. The van der Waals surface area contributed by atoms with Crippen LogP contribution in [-0.2, 0) is 0 Å². The molecule has 0 atom stereocenters. The summed E-state index contributed by atoms with van der Waals surface area (Å²) < 4.78 is 14.0. The third-order valence-electron chi connectivity index (χ3n) is 4.38. The Morgan fingerprint density at radius 1 is 0.828 bits per heavy atom. The molecule has 0 amide bonds. The van der Waals surface area contributed by atoms with Gasteiger partial charge >= 0.3 is 0 Å². The number of hydrogen-bond acceptors (Lipinski definition) is 5. The highest BCUT2D eigenvalue weighted by molar-refractivity contribution is 8.00. The number of nitrogens with zero attached hydrogens (tertiary/aromatic N) is 3. The Labute approximate surface area is 176 Å². The molecule has 29 heavy (non-hydrogen) atoms. The first kappa shape index (κ1) is 18.1. The summed E-state index contributed by atoms with van der Waals surface area (Å²) in [6.07, 6.45) is 1.57. The van der Waals surface area contributed by atoms with Crippen LogP contribution >= 0.6 is 23.5 Å². The number of aliphatic imine (C=N–C) groups is 1. The predicted octanol–water partition coefficient (Wildman–Crippen LogP) is 6.40. The molecule has 4 aromatic rings. The van der Waals surface area contributed by atoms with E-state index in [-0.39, 0.29) is 5.82 Å². The monoisotopic (exact) mass is 415 g/mol. The van der Waals surface area contributed by atoms with Crippen molar-refractivity contribution in [3.63, 3.8) is 0 Å². The SMILES string of the molecule is Fc1cccc(C2=Nc3c(Sc4ccccc4)ncnc3Sc3ccccc32)c1. The smallest absolute Gasteiger partial charge is 0.131 e. The Hall–Kier alpha value is -2.96. The first-order valence-corrected chi connectivity index (χ1v) is 10.6. The number of hydrogen-bond donors (Lipinski definition) is 0. The molecule has 5 rings (SSSR count). The first-order valence-electron chi connectivity index (χ1n) is 8.98. The summed E-state index contributed by atoms with van der Waals surface area (Å²) in [7, 11) is 0. The molecule has 0 saturated carbocycles. The van der Waals surface area contributed by atoms with Crippen LogP contribution in [0.25, 0.3) is 0 Å². The van der Waals surface area contributed by atoms with Gasteiger partial charge in [-0.25, -0.2) is 19.4 Å². The second-order valence-corrected chi connectivity index (χ2v) is 8.41. The van der Waals surface area contributed by atoms with Gasteiger partial charge in [-0.3, -0.25) is 0 Å². The average molecular weight is 416 g/mol. The molecule has 1 aliphatic heterocycles. The van der Waals surface area contributed by atoms with E-state index < -0.39 is 0 Å². The summed E-state index contributed by atoms with van der Waals surface area (Å²) in [5.74, 6) is -0.289. The van der Waals surface area contributed by atoms with Gasteiger partial charge in [-0.15, -0.1) is 0 Å². The molecule has 6 heteroatoms. The molecule has 0 spiro atoms. The highest BCUT2D eigenvalue weighted by Crippen LogP contribution is 2.44. The van der Waals surface area contributed by atoms with Crippen molar-refractivity contribution >= 4 is 34.9 Å². The highest BCUT2D eigenvalue weighted by atomic mass is 32.2. The standard InChI is InChI=1S/C23H14FN3S2/c24-16-8-6-7-15(13-16)20-18-11-4-5-12-19(18)29-23-21(27-20)22(25-14-26-23)28-17-9-2-1-3-10-17/h1-14H. The minimum absolute atomic E-state index is 0.289. The molecule has 0 radical (unpaired) electrons. The minimum Gasteiger partial charge on any atom is -0.242 e. The lowest BCUT2D eigenvalue weighted by Gasteiger charge is -2.09. The lowest BCUT2D eigenvalue weighted by molar-refractivity contribution is 0.627. The maximum absolute atomic E-state index is 14.0. The number of halogens is 1. The van der Waals surface area contributed by atoms with E-state index in [1.54, 1.807) is 35.9 Å². The molecule has 0 bridgehead atoms. The molecule has 0 fully saturated rings. The van der Waals surface area contributed by atoms with Crippen molar-refractivity contribution < 1.29 is 4.39 Å². The maximum atomic E-state index is 14.0. The second kappa shape index (κ2) is 7.81. The number of aromatic nitrogens is 2. The van der Waals surface area contributed by atoms with E-state index in [1.165, 1.54) is 12.1 Å². The Morgan fingerprint density at radius 2 is 1.66 bits per heavy atom. The highest BCUT2D eigenvalue weighted by Gasteiger charge is 2.22. The molecule has 1 aromatic heterocycles. The lowest BCUT2D eigenvalue weighted by Crippen LogP contribution is -2.04. The van der Waals surface area contributed by atoms with Crippen LogP contribution < -0.4 is 0 Å². The molecule has 0 N–H and O–H groups in total. The van der Waals surface area contributed by atoms with Gasteiger partial charge in [0.1, 0.15) is 27.9 Å². The Morgan fingerprint density at radius 3 is 2.52 bits per heavy atom. The topological polar surface area (TPSA) is 38.1 Å². The van der Waals surface area contributed by atoms with Gasteiger partial charge in [0.05, 0.1) is 5.71 Å². The fourth-order valence-electron chi connectivity index (χ4n) is 3.08. The van der Waals surface area contributed by atoms with E-state index in [9.17, 15) is 4.39 Å². The zero-order valence-electron chi connectivity index (χ0n) is 15.1. The Balaban J connectivity index is 1.71. The van der Waals surface area contributed by atoms with Crippen molar-refractivity contribution in [1.29, 1.82) is 0 Å². The summed E-state index contributed by atoms with van der Waals surface area (Å²) >= 11 is 3.10. The molecule has 3 aromatic carbocycles. The summed E-state index contributed by atoms with van der Waals surface area (Å²) in [6, 6.07) is 24.6. The van der Waals surface area contributed by atoms with Crippen molar-refractivity contribution in [2.24, 2.45) is 4.99 Å². The fourth-order valence-corrected chi connectivity index (χ4v) is 4.96. The van der Waals surface area contributed by atoms with Crippen LogP contribution in [0.5, 0.6) is 0 Å². The lowest BCUT2D eigenvalue weighted by atomic mass is 10.0. The number of fused-ring (bicyclic) bond motifs is 2. The summed E-state index contributed by atoms with van der Waals surface area (Å²) in [6.45, 7) is 0. The van der Waals surface area contributed by atoms with Gasteiger partial charge in [-0.05, 0) is 30.3 Å². The molecule has 1 aliphatic rings. The molecule has 3 nitrogen and oxygen atoms in total. The quantitative estimate of drug-likeness (QED) is 0.320. The third-order valence-corrected chi connectivity index (χ3v) is 6.45. The summed E-state index contributed by atoms with van der Waals surface area (Å²) in [5, 5.41) is 1.56. The van der Waals surface area contributed by atoms with Gasteiger partial charge in [-0.1, -0.05) is 72.1 Å². The normalized spacial score (nSPS) is 12.5. The molecule has 140 valence electrons. The molecule has 2 heterocycles. The second-order valence-electron chi connectivity index (χ2n) is 6.32. The average Bonchev–Trinajstić information content (AvgIpc) is 2.92. The summed E-state index contributed by atoms with van der Waals surface area (Å²) in [5.41, 5.74) is 3.11. The maximum Gasteiger partial charge on any atom is 0.131 e. The van der Waals surface area contributed by atoms with Crippen molar-refractivity contribution in [2.45, 2.75) is 19.8 Å². The largest absolute Gasteiger partial charge is 0.242 e. The van der Waals surface area contributed by atoms with Crippen molar-refractivity contribution in [3.05, 3.63) is 102 Å². The minimum atomic E-state index is -0.289. The first-order chi connectivity index (χ1) is 14.3. The van der Waals surface area contributed by atoms with Gasteiger partial charge in [0.25, 0.3) is 0 Å². The number of benzene rings is 3. The van der Waals surface area contributed by atoms with E-state index in [0.717, 1.165) is 36.7 Å². The van der Waals surface area contributed by atoms with Gasteiger partial charge in [0, 0.05) is 20.9 Å². The Bertz CT molecular complexity index is 1230. The van der Waals surface area contributed by atoms with Crippen molar-refractivity contribution in [3.8, 4) is 0 Å². The van der Waals surface area contributed by atoms with Crippen LogP contribution in [-0.4, -0.2) is 15.7 Å². The molecule has 0 unspecified atom stereocenters. The van der Waals surface area contributed by atoms with Crippen LogP contribution in [0.15, 0.2) is 110 Å². The van der Waals surface area contributed by atoms with Gasteiger partial charge in [0.15, 0.2) is 0 Å². The van der Waals surface area contributed by atoms with Crippen LogP contribution in [0, 0.1) is 5.82 Å². The summed E-state index contributed by atoms with van der Waals surface area (Å²) in [4.78, 5) is 16.1. The third kappa shape index (κ3) is 3.69.